The third-order valence-electron chi connectivity index (χ3n) is 6.01. The monoisotopic (exact) mass is 440 g/mol. The highest BCUT2D eigenvalue weighted by Crippen LogP contribution is 2.28. The molecule has 0 bridgehead atoms. The molecule has 0 aromatic heterocycles. The fourth-order valence-electron chi connectivity index (χ4n) is 4.22. The molecule has 31 heavy (non-hydrogen) atoms. The minimum Gasteiger partial charge on any atom is -0.497 e. The molecular weight excluding hydrogens is 408 g/mol. The second kappa shape index (κ2) is 11.0. The topological polar surface area (TPSA) is 42.0 Å². The van der Waals surface area contributed by atoms with Crippen LogP contribution in [-0.2, 0) is 11.3 Å². The van der Waals surface area contributed by atoms with Crippen LogP contribution in [0.2, 0.25) is 0 Å². The van der Waals surface area contributed by atoms with Crippen molar-refractivity contribution < 1.29 is 14.3 Å². The number of carbonyl (C=O) groups is 1. The minimum atomic E-state index is 0.154. The summed E-state index contributed by atoms with van der Waals surface area (Å²) < 4.78 is 11.0. The van der Waals surface area contributed by atoms with Crippen LogP contribution in [0.1, 0.15) is 35.2 Å². The molecule has 0 spiro atoms. The Morgan fingerprint density at radius 1 is 1.06 bits per heavy atom. The lowest BCUT2D eigenvalue weighted by Crippen LogP contribution is -2.35. The fraction of sp³-hybridized carbons (Fsp3) is 0.480. The first-order chi connectivity index (χ1) is 15.2. The maximum atomic E-state index is 13.4. The normalized spacial score (nSPS) is 19.9. The van der Waals surface area contributed by atoms with E-state index in [0.29, 0.717) is 6.10 Å². The van der Waals surface area contributed by atoms with Crippen molar-refractivity contribution in [2.24, 2.45) is 0 Å². The van der Waals surface area contributed by atoms with E-state index in [4.69, 9.17) is 9.47 Å². The third kappa shape index (κ3) is 6.03. The quantitative estimate of drug-likeness (QED) is 0.600. The predicted octanol–water partition coefficient (Wildman–Crippen LogP) is 4.31. The molecule has 166 valence electrons. The van der Waals surface area contributed by atoms with Crippen LogP contribution >= 0.6 is 11.8 Å². The molecule has 0 aliphatic carbocycles. The number of nitrogens with zero attached hydrogens (tertiary/aromatic N) is 2. The lowest BCUT2D eigenvalue weighted by molar-refractivity contribution is 0.0757. The second-order valence-electron chi connectivity index (χ2n) is 8.21. The number of hydrogen-bond acceptors (Lipinski definition) is 5. The average molecular weight is 441 g/mol. The zero-order valence-electron chi connectivity index (χ0n) is 18.3. The molecular formula is C25H32N2O3S. The van der Waals surface area contributed by atoms with Crippen LogP contribution in [-0.4, -0.2) is 67.5 Å². The lowest BCUT2D eigenvalue weighted by Gasteiger charge is -2.23. The first kappa shape index (κ1) is 22.2. The zero-order valence-corrected chi connectivity index (χ0v) is 19.1. The van der Waals surface area contributed by atoms with E-state index < -0.39 is 0 Å². The number of carbonyl (C=O) groups excluding carboxylic acids is 1. The summed E-state index contributed by atoms with van der Waals surface area (Å²) in [6, 6.07) is 16.3. The molecule has 0 saturated carbocycles. The van der Waals surface area contributed by atoms with Crippen LogP contribution in [0.25, 0.3) is 0 Å². The van der Waals surface area contributed by atoms with Gasteiger partial charge in [0.15, 0.2) is 0 Å². The van der Waals surface area contributed by atoms with Crippen LogP contribution in [0.5, 0.6) is 5.75 Å². The molecule has 2 aromatic carbocycles. The van der Waals surface area contributed by atoms with Gasteiger partial charge in [0.25, 0.3) is 5.91 Å². The van der Waals surface area contributed by atoms with Gasteiger partial charge >= 0.3 is 0 Å². The summed E-state index contributed by atoms with van der Waals surface area (Å²) in [4.78, 5) is 18.9. The van der Waals surface area contributed by atoms with E-state index in [0.717, 1.165) is 80.6 Å². The number of methoxy groups -OCH3 is 1. The van der Waals surface area contributed by atoms with E-state index in [2.05, 4.69) is 23.1 Å². The number of ether oxygens (including phenoxy) is 2. The summed E-state index contributed by atoms with van der Waals surface area (Å²) in [5.41, 5.74) is 2.10. The Bertz CT molecular complexity index is 852. The van der Waals surface area contributed by atoms with Gasteiger partial charge in [-0.3, -0.25) is 9.69 Å². The minimum absolute atomic E-state index is 0.154. The van der Waals surface area contributed by atoms with Gasteiger partial charge in [0, 0.05) is 50.0 Å². The molecule has 2 saturated heterocycles. The largest absolute Gasteiger partial charge is 0.497 e. The molecule has 1 atom stereocenters. The summed E-state index contributed by atoms with van der Waals surface area (Å²) >= 11 is 1.75. The molecule has 2 aromatic rings. The van der Waals surface area contributed by atoms with Gasteiger partial charge in [0.05, 0.1) is 18.8 Å². The number of amides is 1. The van der Waals surface area contributed by atoms with E-state index in [-0.39, 0.29) is 5.91 Å². The van der Waals surface area contributed by atoms with Crippen LogP contribution < -0.4 is 4.74 Å². The van der Waals surface area contributed by atoms with Crippen molar-refractivity contribution in [2.75, 3.05) is 45.6 Å². The van der Waals surface area contributed by atoms with E-state index in [1.165, 1.54) is 5.56 Å². The summed E-state index contributed by atoms with van der Waals surface area (Å²) in [6.07, 6.45) is 3.58. The number of rotatable bonds is 7. The summed E-state index contributed by atoms with van der Waals surface area (Å²) in [6.45, 7) is 5.24. The van der Waals surface area contributed by atoms with Crippen molar-refractivity contribution in [1.29, 1.82) is 0 Å². The highest BCUT2D eigenvalue weighted by Gasteiger charge is 2.23. The average Bonchev–Trinajstić information content (AvgIpc) is 3.23. The van der Waals surface area contributed by atoms with Crippen LogP contribution in [0.15, 0.2) is 53.4 Å². The third-order valence-corrected chi connectivity index (χ3v) is 7.21. The van der Waals surface area contributed by atoms with Gasteiger partial charge < -0.3 is 14.4 Å². The molecule has 5 nitrogen and oxygen atoms in total. The van der Waals surface area contributed by atoms with E-state index in [9.17, 15) is 4.79 Å². The zero-order chi connectivity index (χ0) is 21.5. The Hall–Kier alpha value is -2.02. The van der Waals surface area contributed by atoms with Crippen molar-refractivity contribution in [2.45, 2.75) is 36.8 Å². The smallest absolute Gasteiger partial charge is 0.255 e. The molecule has 6 heteroatoms. The van der Waals surface area contributed by atoms with Gasteiger partial charge in [-0.25, -0.2) is 0 Å². The SMILES string of the molecule is COc1ccc(CN2CCCN(C(=O)c3ccccc3SCC3CCCO3)CC2)cc1. The van der Waals surface area contributed by atoms with E-state index in [1.807, 2.05) is 35.2 Å². The number of hydrogen-bond donors (Lipinski definition) is 0. The van der Waals surface area contributed by atoms with E-state index >= 15 is 0 Å². The van der Waals surface area contributed by atoms with Gasteiger partial charge in [-0.2, -0.15) is 0 Å². The fourth-order valence-corrected chi connectivity index (χ4v) is 5.33. The molecule has 0 N–H and O–H groups in total. The Balaban J connectivity index is 1.35. The van der Waals surface area contributed by atoms with Crippen molar-refractivity contribution >= 4 is 17.7 Å². The Labute approximate surface area is 189 Å². The summed E-state index contributed by atoms with van der Waals surface area (Å²) in [7, 11) is 1.69. The molecule has 2 heterocycles. The molecule has 1 amide bonds. The molecule has 1 unspecified atom stereocenters. The van der Waals surface area contributed by atoms with Gasteiger partial charge in [-0.1, -0.05) is 24.3 Å². The van der Waals surface area contributed by atoms with Gasteiger partial charge in [-0.15, -0.1) is 11.8 Å². The highest BCUT2D eigenvalue weighted by molar-refractivity contribution is 7.99. The number of thioether (sulfide) groups is 1. The van der Waals surface area contributed by atoms with Crippen molar-refractivity contribution in [3.8, 4) is 5.75 Å². The summed E-state index contributed by atoms with van der Waals surface area (Å²) in [5.74, 6) is 1.95. The predicted molar refractivity (Wildman–Crippen MR) is 125 cm³/mol. The highest BCUT2D eigenvalue weighted by atomic mass is 32.2. The molecule has 2 fully saturated rings. The number of benzene rings is 2. The first-order valence-corrected chi connectivity index (χ1v) is 12.2. The summed E-state index contributed by atoms with van der Waals surface area (Å²) in [5, 5.41) is 0. The van der Waals surface area contributed by atoms with Gasteiger partial charge in [-0.05, 0) is 49.1 Å². The Morgan fingerprint density at radius 3 is 2.68 bits per heavy atom. The van der Waals surface area contributed by atoms with Crippen LogP contribution in [0.4, 0.5) is 0 Å². The standard InChI is InChI=1S/C25H32N2O3S/c1-29-21-11-9-20(10-12-21)18-26-13-5-14-27(16-15-26)25(28)23-7-2-3-8-24(23)31-19-22-6-4-17-30-22/h2-3,7-12,22H,4-6,13-19H2,1H3. The molecule has 2 aliphatic rings. The van der Waals surface area contributed by atoms with Crippen molar-refractivity contribution in [1.82, 2.24) is 9.80 Å². The Morgan fingerprint density at radius 2 is 1.90 bits per heavy atom. The maximum Gasteiger partial charge on any atom is 0.255 e. The van der Waals surface area contributed by atoms with Gasteiger partial charge in [0.1, 0.15) is 5.75 Å². The molecule has 2 aliphatic heterocycles. The van der Waals surface area contributed by atoms with Crippen LogP contribution in [0, 0.1) is 0 Å². The van der Waals surface area contributed by atoms with Crippen LogP contribution in [0.3, 0.4) is 0 Å². The second-order valence-corrected chi connectivity index (χ2v) is 9.27. The van der Waals surface area contributed by atoms with Gasteiger partial charge in [0.2, 0.25) is 0 Å². The Kier molecular flexibility index (Phi) is 7.89. The van der Waals surface area contributed by atoms with E-state index in [1.54, 1.807) is 18.9 Å². The van der Waals surface area contributed by atoms with Crippen molar-refractivity contribution in [3.05, 3.63) is 59.7 Å². The lowest BCUT2D eigenvalue weighted by atomic mass is 10.2. The van der Waals surface area contributed by atoms with Crippen molar-refractivity contribution in [3.63, 3.8) is 0 Å². The maximum absolute atomic E-state index is 13.4. The molecule has 0 radical (unpaired) electrons. The molecule has 4 rings (SSSR count). The first-order valence-electron chi connectivity index (χ1n) is 11.2.